The Morgan fingerprint density at radius 3 is 2.88 bits per heavy atom. The maximum atomic E-state index is 12.5. The summed E-state index contributed by atoms with van der Waals surface area (Å²) < 4.78 is 5.78. The van der Waals surface area contributed by atoms with E-state index < -0.39 is 5.97 Å². The van der Waals surface area contributed by atoms with Crippen LogP contribution in [0, 0.1) is 0 Å². The zero-order valence-corrected chi connectivity index (χ0v) is 15.1. The fourth-order valence-electron chi connectivity index (χ4n) is 2.82. The normalized spacial score (nSPS) is 18.9. The zero-order chi connectivity index (χ0) is 17.5. The maximum absolute atomic E-state index is 12.5. The molecule has 1 heterocycles. The van der Waals surface area contributed by atoms with E-state index in [1.165, 1.54) is 0 Å². The molecule has 0 spiro atoms. The molecule has 1 aliphatic rings. The van der Waals surface area contributed by atoms with Crippen molar-refractivity contribution in [3.05, 3.63) is 29.8 Å². The van der Waals surface area contributed by atoms with Gasteiger partial charge in [0.05, 0.1) is 12.5 Å². The highest BCUT2D eigenvalue weighted by Crippen LogP contribution is 2.28. The fraction of sp³-hybridized carbons (Fsp3) is 0.556. The summed E-state index contributed by atoms with van der Waals surface area (Å²) in [6.45, 7) is 4.79. The molecule has 0 aliphatic carbocycles. The van der Waals surface area contributed by atoms with Crippen LogP contribution in [0.5, 0.6) is 5.75 Å². The second-order valence-corrected chi connectivity index (χ2v) is 7.20. The lowest BCUT2D eigenvalue weighted by Gasteiger charge is -2.34. The van der Waals surface area contributed by atoms with Crippen molar-refractivity contribution in [2.45, 2.75) is 38.6 Å². The van der Waals surface area contributed by atoms with Crippen molar-refractivity contribution in [2.75, 3.05) is 24.7 Å². The Balaban J connectivity index is 2.00. The van der Waals surface area contributed by atoms with Gasteiger partial charge in [-0.05, 0) is 24.0 Å². The van der Waals surface area contributed by atoms with Crippen molar-refractivity contribution in [1.82, 2.24) is 4.90 Å². The maximum Gasteiger partial charge on any atom is 0.305 e. The molecule has 1 aliphatic heterocycles. The predicted molar refractivity (Wildman–Crippen MR) is 95.7 cm³/mol. The average Bonchev–Trinajstić information content (AvgIpc) is 2.59. The number of carboxylic acids is 1. The second-order valence-electron chi connectivity index (χ2n) is 6.05. The van der Waals surface area contributed by atoms with E-state index in [4.69, 9.17) is 9.84 Å². The van der Waals surface area contributed by atoms with Crippen molar-refractivity contribution in [2.24, 2.45) is 0 Å². The number of para-hydroxylation sites is 1. The highest BCUT2D eigenvalue weighted by molar-refractivity contribution is 7.99. The van der Waals surface area contributed by atoms with E-state index in [0.29, 0.717) is 18.2 Å². The minimum atomic E-state index is -0.872. The number of aliphatic carboxylic acids is 1. The number of carbonyl (C=O) groups excluding carboxylic acids is 1. The lowest BCUT2D eigenvalue weighted by molar-refractivity contribution is -0.141. The molecule has 0 saturated carbocycles. The van der Waals surface area contributed by atoms with Crippen LogP contribution < -0.4 is 4.74 Å². The Morgan fingerprint density at radius 1 is 1.42 bits per heavy atom. The largest absolute Gasteiger partial charge is 0.483 e. The molecule has 1 N–H and O–H groups in total. The van der Waals surface area contributed by atoms with E-state index in [1.807, 2.05) is 24.3 Å². The van der Waals surface area contributed by atoms with Gasteiger partial charge in [-0.3, -0.25) is 9.59 Å². The summed E-state index contributed by atoms with van der Waals surface area (Å²) in [6, 6.07) is 7.54. The Morgan fingerprint density at radius 2 is 2.17 bits per heavy atom. The monoisotopic (exact) mass is 351 g/mol. The third-order valence-electron chi connectivity index (χ3n) is 4.37. The Labute approximate surface area is 147 Å². The van der Waals surface area contributed by atoms with Gasteiger partial charge in [0.2, 0.25) is 0 Å². The minimum Gasteiger partial charge on any atom is -0.483 e. The van der Waals surface area contributed by atoms with Gasteiger partial charge in [0.15, 0.2) is 6.61 Å². The molecule has 132 valence electrons. The van der Waals surface area contributed by atoms with Gasteiger partial charge < -0.3 is 14.7 Å². The SMILES string of the molecule is CCC(C)c1ccccc1OCC(=O)N1CCSCC1CC(=O)O. The van der Waals surface area contributed by atoms with Gasteiger partial charge in [0.1, 0.15) is 5.75 Å². The van der Waals surface area contributed by atoms with Gasteiger partial charge in [-0.25, -0.2) is 0 Å². The summed E-state index contributed by atoms with van der Waals surface area (Å²) in [7, 11) is 0. The quantitative estimate of drug-likeness (QED) is 0.818. The first kappa shape index (κ1) is 18.6. The molecule has 24 heavy (non-hydrogen) atoms. The number of thioether (sulfide) groups is 1. The number of hydrogen-bond donors (Lipinski definition) is 1. The molecule has 0 radical (unpaired) electrons. The van der Waals surface area contributed by atoms with Crippen molar-refractivity contribution >= 4 is 23.6 Å². The molecule has 0 bridgehead atoms. The number of rotatable bonds is 7. The smallest absolute Gasteiger partial charge is 0.305 e. The van der Waals surface area contributed by atoms with Gasteiger partial charge >= 0.3 is 5.97 Å². The standard InChI is InChI=1S/C18H25NO4S/c1-3-13(2)15-6-4-5-7-16(15)23-11-17(20)19-8-9-24-12-14(19)10-18(21)22/h4-7,13-14H,3,8-12H2,1-2H3,(H,21,22). The van der Waals surface area contributed by atoms with Crippen LogP contribution in [0.25, 0.3) is 0 Å². The van der Waals surface area contributed by atoms with E-state index in [2.05, 4.69) is 13.8 Å². The lowest BCUT2D eigenvalue weighted by atomic mass is 9.98. The summed E-state index contributed by atoms with van der Waals surface area (Å²) in [6.07, 6.45) is 0.987. The molecular weight excluding hydrogens is 326 g/mol. The van der Waals surface area contributed by atoms with Crippen molar-refractivity contribution in [3.8, 4) is 5.75 Å². The molecule has 1 saturated heterocycles. The molecule has 0 aromatic heterocycles. The van der Waals surface area contributed by atoms with Crippen molar-refractivity contribution in [1.29, 1.82) is 0 Å². The Hall–Kier alpha value is -1.69. The van der Waals surface area contributed by atoms with Crippen LogP contribution in [0.2, 0.25) is 0 Å². The van der Waals surface area contributed by atoms with Crippen LogP contribution in [0.1, 0.15) is 38.2 Å². The van der Waals surface area contributed by atoms with E-state index in [9.17, 15) is 9.59 Å². The first-order valence-electron chi connectivity index (χ1n) is 8.33. The second kappa shape index (κ2) is 8.97. The van der Waals surface area contributed by atoms with E-state index in [1.54, 1.807) is 16.7 Å². The van der Waals surface area contributed by atoms with E-state index >= 15 is 0 Å². The lowest BCUT2D eigenvalue weighted by Crippen LogP contribution is -2.48. The summed E-state index contributed by atoms with van der Waals surface area (Å²) in [5.74, 6) is 1.60. The molecule has 2 rings (SSSR count). The number of carbonyl (C=O) groups is 2. The molecule has 1 aromatic carbocycles. The van der Waals surface area contributed by atoms with Crippen molar-refractivity contribution in [3.63, 3.8) is 0 Å². The van der Waals surface area contributed by atoms with Crippen LogP contribution in [0.4, 0.5) is 0 Å². The van der Waals surface area contributed by atoms with Crippen LogP contribution in [-0.2, 0) is 9.59 Å². The van der Waals surface area contributed by atoms with Gasteiger partial charge in [-0.1, -0.05) is 32.0 Å². The Bertz CT molecular complexity index is 578. The highest BCUT2D eigenvalue weighted by atomic mass is 32.2. The summed E-state index contributed by atoms with van der Waals surface area (Å²) >= 11 is 1.69. The van der Waals surface area contributed by atoms with Crippen LogP contribution >= 0.6 is 11.8 Å². The van der Waals surface area contributed by atoms with Crippen LogP contribution in [0.15, 0.2) is 24.3 Å². The highest BCUT2D eigenvalue weighted by Gasteiger charge is 2.29. The summed E-state index contributed by atoms with van der Waals surface area (Å²) in [4.78, 5) is 25.2. The number of nitrogens with zero attached hydrogens (tertiary/aromatic N) is 1. The van der Waals surface area contributed by atoms with Gasteiger partial charge in [-0.2, -0.15) is 11.8 Å². The first-order valence-corrected chi connectivity index (χ1v) is 9.49. The average molecular weight is 351 g/mol. The number of amides is 1. The van der Waals surface area contributed by atoms with E-state index in [-0.39, 0.29) is 25.0 Å². The molecular formula is C18H25NO4S. The predicted octanol–water partition coefficient (Wildman–Crippen LogP) is 3.00. The number of benzene rings is 1. The zero-order valence-electron chi connectivity index (χ0n) is 14.2. The number of hydrogen-bond acceptors (Lipinski definition) is 4. The van der Waals surface area contributed by atoms with Gasteiger partial charge in [-0.15, -0.1) is 0 Å². The first-order chi connectivity index (χ1) is 11.5. The van der Waals surface area contributed by atoms with E-state index in [0.717, 1.165) is 23.5 Å². The molecule has 1 amide bonds. The molecule has 6 heteroatoms. The van der Waals surface area contributed by atoms with Crippen LogP contribution in [0.3, 0.4) is 0 Å². The summed E-state index contributed by atoms with van der Waals surface area (Å²) in [5, 5.41) is 9.02. The number of ether oxygens (including phenoxy) is 1. The molecule has 2 atom stereocenters. The fourth-order valence-corrected chi connectivity index (χ4v) is 3.88. The van der Waals surface area contributed by atoms with Crippen LogP contribution in [-0.4, -0.2) is 52.6 Å². The number of carboxylic acid groups (broad SMARTS) is 1. The summed E-state index contributed by atoms with van der Waals surface area (Å²) in [5.41, 5.74) is 1.10. The minimum absolute atomic E-state index is 0.0117. The third-order valence-corrected chi connectivity index (χ3v) is 5.46. The van der Waals surface area contributed by atoms with Gasteiger partial charge in [0, 0.05) is 18.1 Å². The topological polar surface area (TPSA) is 66.8 Å². The molecule has 2 unspecified atom stereocenters. The third kappa shape index (κ3) is 4.90. The Kier molecular flexibility index (Phi) is 6.97. The molecule has 1 fully saturated rings. The molecule has 5 nitrogen and oxygen atoms in total. The molecule has 1 aromatic rings. The van der Waals surface area contributed by atoms with Crippen molar-refractivity contribution < 1.29 is 19.4 Å². The van der Waals surface area contributed by atoms with Gasteiger partial charge in [0.25, 0.3) is 5.91 Å².